The lowest BCUT2D eigenvalue weighted by molar-refractivity contribution is -0.131. The Kier molecular flexibility index (Phi) is 11.1. The summed E-state index contributed by atoms with van der Waals surface area (Å²) in [5.74, 6) is -1.10. The Labute approximate surface area is 56.7 Å². The molecule has 0 aromatic rings. The van der Waals surface area contributed by atoms with Gasteiger partial charge in [0.25, 0.3) is 0 Å². The maximum Gasteiger partial charge on any atom is 0.329 e. The molecule has 0 bridgehead atoms. The average Bonchev–Trinajstić information content (AvgIpc) is 1.85. The van der Waals surface area contributed by atoms with E-state index >= 15 is 0 Å². The van der Waals surface area contributed by atoms with Gasteiger partial charge in [-0.05, 0) is 0 Å². The molecule has 0 heterocycles. The first kappa shape index (κ1) is 11.0. The predicted molar refractivity (Wildman–Crippen MR) is 30.8 cm³/mol. The zero-order chi connectivity index (χ0) is 8.41. The van der Waals surface area contributed by atoms with Crippen LogP contribution in [0.1, 0.15) is 0 Å². The molecule has 0 amide bonds. The molecule has 0 radical (unpaired) electrons. The minimum absolute atomic E-state index is 0.750. The Hall–Kier alpha value is -1.92. The van der Waals surface area contributed by atoms with Crippen molar-refractivity contribution >= 4 is 12.0 Å². The number of isocyanates is 1. The number of nitriles is 1. The number of hydrogen-bond donors (Lipinski definition) is 2. The number of carbonyl (C=O) groups is 1. The summed E-state index contributed by atoms with van der Waals surface area (Å²) in [6.45, 7) is 0. The average molecular weight is 140 g/mol. The molecule has 0 saturated heterocycles. The van der Waals surface area contributed by atoms with E-state index in [1.807, 2.05) is 0 Å². The largest absolute Gasteiger partial charge is 0.478 e. The van der Waals surface area contributed by atoms with Gasteiger partial charge in [0.1, 0.15) is 0 Å². The molecule has 0 aliphatic rings. The van der Waals surface area contributed by atoms with Crippen LogP contribution in [0.15, 0.2) is 12.2 Å². The molecule has 0 spiro atoms. The van der Waals surface area contributed by atoms with E-state index in [0.29, 0.717) is 0 Å². The van der Waals surface area contributed by atoms with Crippen LogP contribution >= 0.6 is 0 Å². The van der Waals surface area contributed by atoms with E-state index in [0.717, 1.165) is 18.2 Å². The van der Waals surface area contributed by atoms with Crippen molar-refractivity contribution in [3.8, 4) is 6.07 Å². The summed E-state index contributed by atoms with van der Waals surface area (Å²) in [6.07, 6.45) is 2.43. The maximum absolute atomic E-state index is 9.52. The van der Waals surface area contributed by atoms with Gasteiger partial charge < -0.3 is 5.11 Å². The van der Waals surface area contributed by atoms with Gasteiger partial charge >= 0.3 is 5.97 Å². The zero-order valence-corrected chi connectivity index (χ0v) is 4.87. The summed E-state index contributed by atoms with van der Waals surface area (Å²) in [4.78, 5) is 17.9. The van der Waals surface area contributed by atoms with Gasteiger partial charge in [-0.3, -0.25) is 0 Å². The Balaban J connectivity index is 0. The molecular weight excluding hydrogens is 136 g/mol. The highest BCUT2D eigenvalue weighted by Gasteiger charge is 1.79. The van der Waals surface area contributed by atoms with Gasteiger partial charge in [0, 0.05) is 12.2 Å². The number of carboxylic acids is 1. The second kappa shape index (κ2) is 10.1. The summed E-state index contributed by atoms with van der Waals surface area (Å²) in [5, 5.41) is 20.9. The summed E-state index contributed by atoms with van der Waals surface area (Å²) in [6, 6.07) is 1.54. The van der Waals surface area contributed by atoms with Crippen molar-refractivity contribution < 1.29 is 14.7 Å². The van der Waals surface area contributed by atoms with Gasteiger partial charge in [-0.1, -0.05) is 0 Å². The van der Waals surface area contributed by atoms with Crippen molar-refractivity contribution in [2.45, 2.75) is 0 Å². The lowest BCUT2D eigenvalue weighted by atomic mass is 10.5. The Morgan fingerprint density at radius 1 is 1.70 bits per heavy atom. The number of hydrogen-bond acceptors (Lipinski definition) is 4. The fourth-order valence-electron chi connectivity index (χ4n) is 0.109. The van der Waals surface area contributed by atoms with Crippen molar-refractivity contribution in [1.82, 2.24) is 0 Å². The molecule has 0 aliphatic carbocycles. The lowest BCUT2D eigenvalue weighted by Gasteiger charge is -1.67. The third-order valence-corrected chi connectivity index (χ3v) is 0.300. The molecular formula is C5H4N2O3. The molecule has 5 nitrogen and oxygen atoms in total. The van der Waals surface area contributed by atoms with Gasteiger partial charge in [0.05, 0.1) is 6.07 Å². The number of aliphatic carboxylic acids is 1. The topological polar surface area (TPSA) is 102 Å². The van der Waals surface area contributed by atoms with Crippen LogP contribution in [0.4, 0.5) is 0 Å². The Morgan fingerprint density at radius 2 is 2.10 bits per heavy atom. The minimum Gasteiger partial charge on any atom is -0.478 e. The van der Waals surface area contributed by atoms with E-state index in [9.17, 15) is 4.79 Å². The molecule has 0 saturated carbocycles. The normalized spacial score (nSPS) is 6.70. The molecule has 0 fully saturated rings. The quantitative estimate of drug-likeness (QED) is 0.232. The molecule has 0 rings (SSSR count). The van der Waals surface area contributed by atoms with Crippen LogP contribution in [0.3, 0.4) is 0 Å². The predicted octanol–water partition coefficient (Wildman–Crippen LogP) is 0.0517. The third kappa shape index (κ3) is 36.3. The van der Waals surface area contributed by atoms with Crippen LogP contribution in [0.2, 0.25) is 0 Å². The van der Waals surface area contributed by atoms with Gasteiger partial charge in [0.2, 0.25) is 6.08 Å². The highest BCUT2D eigenvalue weighted by Crippen LogP contribution is 1.66. The first-order valence-corrected chi connectivity index (χ1v) is 2.02. The maximum atomic E-state index is 9.52. The fourth-order valence-corrected chi connectivity index (χ4v) is 0.109. The monoisotopic (exact) mass is 140 g/mol. The number of carboxylic acid groups (broad SMARTS) is 1. The van der Waals surface area contributed by atoms with Gasteiger partial charge in [-0.15, -0.1) is 0 Å². The van der Waals surface area contributed by atoms with Crippen LogP contribution in [0.5, 0.6) is 0 Å². The molecule has 52 valence electrons. The van der Waals surface area contributed by atoms with E-state index in [2.05, 4.69) is 0 Å². The van der Waals surface area contributed by atoms with E-state index in [-0.39, 0.29) is 0 Å². The highest BCUT2D eigenvalue weighted by atomic mass is 16.4. The lowest BCUT2D eigenvalue weighted by Crippen LogP contribution is -1.83. The molecule has 0 aromatic carbocycles. The molecule has 10 heavy (non-hydrogen) atoms. The minimum atomic E-state index is -1.10. The highest BCUT2D eigenvalue weighted by molar-refractivity contribution is 5.80. The number of carbonyl (C=O) groups excluding carboxylic acids is 1. The van der Waals surface area contributed by atoms with Crippen molar-refractivity contribution in [1.29, 1.82) is 10.7 Å². The molecule has 0 unspecified atom stereocenters. The van der Waals surface area contributed by atoms with E-state index in [1.165, 1.54) is 6.07 Å². The Morgan fingerprint density at radius 3 is 2.20 bits per heavy atom. The molecule has 0 aliphatic heterocycles. The van der Waals surface area contributed by atoms with Crippen molar-refractivity contribution in [2.75, 3.05) is 0 Å². The van der Waals surface area contributed by atoms with Crippen molar-refractivity contribution in [3.63, 3.8) is 0 Å². The first-order chi connectivity index (χ1) is 4.68. The molecule has 0 aromatic heterocycles. The van der Waals surface area contributed by atoms with Gasteiger partial charge in [-0.2, -0.15) is 5.26 Å². The number of nitrogens with one attached hydrogen (secondary N) is 1. The van der Waals surface area contributed by atoms with Gasteiger partial charge in [-0.25, -0.2) is 15.0 Å². The summed E-state index contributed by atoms with van der Waals surface area (Å²) < 4.78 is 0. The SMILES string of the molecule is N#CC=CC(=O)O.N=C=O. The molecule has 0 atom stereocenters. The van der Waals surface area contributed by atoms with E-state index in [4.69, 9.17) is 20.6 Å². The van der Waals surface area contributed by atoms with Crippen LogP contribution in [0, 0.1) is 16.7 Å². The van der Waals surface area contributed by atoms with Crippen LogP contribution in [0.25, 0.3) is 0 Å². The standard InChI is InChI=1S/C4H3NO2.CHNO/c5-3-1-2-4(6)7;2-1-3/h1-2H,(H,6,7);2H. The van der Waals surface area contributed by atoms with Crippen LogP contribution in [-0.4, -0.2) is 17.2 Å². The smallest absolute Gasteiger partial charge is 0.329 e. The molecule has 5 heteroatoms. The Bertz CT molecular complexity index is 195. The van der Waals surface area contributed by atoms with Gasteiger partial charge in [0.15, 0.2) is 0 Å². The summed E-state index contributed by atoms with van der Waals surface area (Å²) >= 11 is 0. The first-order valence-electron chi connectivity index (χ1n) is 2.02. The van der Waals surface area contributed by atoms with Crippen molar-refractivity contribution in [3.05, 3.63) is 12.2 Å². The third-order valence-electron chi connectivity index (χ3n) is 0.300. The van der Waals surface area contributed by atoms with Crippen LogP contribution < -0.4 is 0 Å². The van der Waals surface area contributed by atoms with Crippen molar-refractivity contribution in [2.24, 2.45) is 0 Å². The van der Waals surface area contributed by atoms with E-state index in [1.54, 1.807) is 0 Å². The summed E-state index contributed by atoms with van der Waals surface area (Å²) in [7, 11) is 0. The zero-order valence-electron chi connectivity index (χ0n) is 4.87. The molecule has 2 N–H and O–H groups in total. The number of nitrogens with zero attached hydrogens (tertiary/aromatic N) is 1. The number of allylic oxidation sites excluding steroid dienone is 1. The van der Waals surface area contributed by atoms with Crippen LogP contribution in [-0.2, 0) is 9.59 Å². The van der Waals surface area contributed by atoms with E-state index < -0.39 is 5.97 Å². The second-order valence-corrected chi connectivity index (χ2v) is 0.903. The number of rotatable bonds is 1. The summed E-state index contributed by atoms with van der Waals surface area (Å²) in [5.41, 5.74) is 0. The fraction of sp³-hybridized carbons (Fsp3) is 0. The second-order valence-electron chi connectivity index (χ2n) is 0.903.